The van der Waals surface area contributed by atoms with Crippen molar-refractivity contribution >= 4 is 11.8 Å². The lowest BCUT2D eigenvalue weighted by molar-refractivity contribution is -0.133. The van der Waals surface area contributed by atoms with Crippen molar-refractivity contribution in [2.24, 2.45) is 0 Å². The molecule has 1 heterocycles. The van der Waals surface area contributed by atoms with Gasteiger partial charge in [-0.15, -0.1) is 0 Å². The second kappa shape index (κ2) is 7.01. The van der Waals surface area contributed by atoms with E-state index >= 15 is 0 Å². The van der Waals surface area contributed by atoms with Crippen LogP contribution in [0.3, 0.4) is 0 Å². The summed E-state index contributed by atoms with van der Waals surface area (Å²) in [6.07, 6.45) is 0.705. The van der Waals surface area contributed by atoms with Gasteiger partial charge >= 0.3 is 5.69 Å². The molecule has 2 N–H and O–H groups in total. The van der Waals surface area contributed by atoms with Gasteiger partial charge < -0.3 is 15.2 Å². The molecule has 1 aromatic heterocycles. The Balaban J connectivity index is 2.62. The van der Waals surface area contributed by atoms with Crippen LogP contribution in [0.15, 0.2) is 4.79 Å². The van der Waals surface area contributed by atoms with E-state index in [1.54, 1.807) is 34.9 Å². The van der Waals surface area contributed by atoms with Crippen LogP contribution in [-0.2, 0) is 16.0 Å². The topological polar surface area (TPSA) is 95.2 Å². The summed E-state index contributed by atoms with van der Waals surface area (Å²) in [7, 11) is 3.29. The molecule has 0 saturated heterocycles. The van der Waals surface area contributed by atoms with Gasteiger partial charge in [0, 0.05) is 31.9 Å². The molecule has 116 valence electrons. The monoisotopic (exact) mass is 294 g/mol. The van der Waals surface area contributed by atoms with Gasteiger partial charge in [0.1, 0.15) is 6.04 Å². The predicted molar refractivity (Wildman–Crippen MR) is 79.0 cm³/mol. The van der Waals surface area contributed by atoms with Crippen LogP contribution in [0.1, 0.15) is 30.3 Å². The first-order valence-corrected chi connectivity index (χ1v) is 6.79. The maximum atomic E-state index is 11.9. The Morgan fingerprint density at radius 3 is 2.48 bits per heavy atom. The van der Waals surface area contributed by atoms with Gasteiger partial charge in [-0.2, -0.15) is 4.98 Å². The van der Waals surface area contributed by atoms with Crippen LogP contribution in [0.25, 0.3) is 0 Å². The van der Waals surface area contributed by atoms with Crippen molar-refractivity contribution < 1.29 is 9.59 Å². The first kappa shape index (κ1) is 16.9. The molecule has 0 aliphatic rings. The second-order valence-electron chi connectivity index (χ2n) is 5.25. The molecule has 0 bridgehead atoms. The summed E-state index contributed by atoms with van der Waals surface area (Å²) in [4.78, 5) is 42.6. The Labute approximate surface area is 123 Å². The number of amides is 2. The van der Waals surface area contributed by atoms with Gasteiger partial charge in [-0.05, 0) is 32.8 Å². The maximum Gasteiger partial charge on any atom is 0.345 e. The summed E-state index contributed by atoms with van der Waals surface area (Å²) < 4.78 is 0. The van der Waals surface area contributed by atoms with E-state index in [-0.39, 0.29) is 23.9 Å². The zero-order chi connectivity index (χ0) is 16.2. The normalized spacial score (nSPS) is 11.9. The number of hydrogen-bond donors (Lipinski definition) is 2. The number of aromatic amines is 1. The molecular weight excluding hydrogens is 272 g/mol. The van der Waals surface area contributed by atoms with Crippen LogP contribution in [0.2, 0.25) is 0 Å². The van der Waals surface area contributed by atoms with Gasteiger partial charge in [0.15, 0.2) is 0 Å². The van der Waals surface area contributed by atoms with Crippen LogP contribution >= 0.6 is 0 Å². The highest BCUT2D eigenvalue weighted by Crippen LogP contribution is 2.09. The van der Waals surface area contributed by atoms with E-state index in [1.165, 1.54) is 4.90 Å². The largest absolute Gasteiger partial charge is 0.347 e. The molecule has 0 radical (unpaired) electrons. The third-order valence-electron chi connectivity index (χ3n) is 3.24. The van der Waals surface area contributed by atoms with Gasteiger partial charge in [-0.3, -0.25) is 9.59 Å². The zero-order valence-electron chi connectivity index (χ0n) is 13.1. The lowest BCUT2D eigenvalue weighted by Crippen LogP contribution is -2.44. The molecule has 0 aliphatic heterocycles. The lowest BCUT2D eigenvalue weighted by atomic mass is 10.1. The van der Waals surface area contributed by atoms with Gasteiger partial charge in [-0.1, -0.05) is 0 Å². The minimum atomic E-state index is -0.552. The van der Waals surface area contributed by atoms with Crippen molar-refractivity contribution in [3.8, 4) is 0 Å². The third-order valence-corrected chi connectivity index (χ3v) is 3.24. The Bertz CT molecular complexity index is 566. The molecule has 2 amide bonds. The number of carbonyl (C=O) groups excluding carboxylic acids is 2. The van der Waals surface area contributed by atoms with Crippen LogP contribution in [0, 0.1) is 13.8 Å². The molecule has 0 fully saturated rings. The number of rotatable bonds is 5. The molecule has 0 saturated carbocycles. The third kappa shape index (κ3) is 4.70. The van der Waals surface area contributed by atoms with Crippen molar-refractivity contribution in [3.63, 3.8) is 0 Å². The number of aryl methyl sites for hydroxylation is 2. The summed E-state index contributed by atoms with van der Waals surface area (Å²) in [6, 6.07) is -0.552. The Morgan fingerprint density at radius 1 is 1.33 bits per heavy atom. The molecule has 0 aromatic carbocycles. The molecule has 21 heavy (non-hydrogen) atoms. The first-order valence-electron chi connectivity index (χ1n) is 6.79. The molecular formula is C14H22N4O3. The van der Waals surface area contributed by atoms with Crippen LogP contribution in [0.4, 0.5) is 0 Å². The second-order valence-corrected chi connectivity index (χ2v) is 5.25. The molecule has 0 unspecified atom stereocenters. The van der Waals surface area contributed by atoms with E-state index in [2.05, 4.69) is 15.3 Å². The van der Waals surface area contributed by atoms with E-state index in [0.29, 0.717) is 12.1 Å². The average Bonchev–Trinajstić information content (AvgIpc) is 2.36. The Morgan fingerprint density at radius 2 is 1.95 bits per heavy atom. The number of H-pyrrole nitrogens is 1. The number of nitrogens with zero attached hydrogens (tertiary/aromatic N) is 2. The summed E-state index contributed by atoms with van der Waals surface area (Å²) in [5.74, 6) is -0.357. The van der Waals surface area contributed by atoms with E-state index in [0.717, 1.165) is 11.3 Å². The number of likely N-dealkylation sites (N-methyl/N-ethyl adjacent to an activating group) is 1. The van der Waals surface area contributed by atoms with E-state index in [4.69, 9.17) is 0 Å². The fourth-order valence-corrected chi connectivity index (χ4v) is 2.12. The number of carbonyl (C=O) groups is 2. The van der Waals surface area contributed by atoms with E-state index in [9.17, 15) is 14.4 Å². The zero-order valence-corrected chi connectivity index (χ0v) is 13.1. The highest BCUT2D eigenvalue weighted by atomic mass is 16.2. The summed E-state index contributed by atoms with van der Waals surface area (Å²) in [5, 5.41) is 2.66. The van der Waals surface area contributed by atoms with Gasteiger partial charge in [0.25, 0.3) is 0 Å². The minimum absolute atomic E-state index is 0.151. The smallest absolute Gasteiger partial charge is 0.345 e. The van der Waals surface area contributed by atoms with Gasteiger partial charge in [0.05, 0.1) is 0 Å². The van der Waals surface area contributed by atoms with Crippen molar-refractivity contribution in [3.05, 3.63) is 27.4 Å². The molecule has 1 aromatic rings. The Hall–Kier alpha value is -2.18. The van der Waals surface area contributed by atoms with Crippen molar-refractivity contribution in [1.29, 1.82) is 0 Å². The summed E-state index contributed by atoms with van der Waals surface area (Å²) in [6.45, 7) is 5.17. The van der Waals surface area contributed by atoms with Crippen LogP contribution < -0.4 is 11.0 Å². The maximum absolute atomic E-state index is 11.9. The molecule has 1 rings (SSSR count). The van der Waals surface area contributed by atoms with E-state index in [1.807, 2.05) is 0 Å². The van der Waals surface area contributed by atoms with E-state index < -0.39 is 6.04 Å². The molecule has 1 atom stereocenters. The predicted octanol–water partition coefficient (Wildman–Crippen LogP) is -0.0878. The number of nitrogens with one attached hydrogen (secondary N) is 2. The highest BCUT2D eigenvalue weighted by Gasteiger charge is 2.17. The number of aromatic nitrogens is 2. The summed E-state index contributed by atoms with van der Waals surface area (Å²) in [5.41, 5.74) is 1.82. The first-order chi connectivity index (χ1) is 9.72. The molecule has 0 spiro atoms. The van der Waals surface area contributed by atoms with Crippen molar-refractivity contribution in [2.75, 3.05) is 14.1 Å². The molecule has 7 heteroatoms. The minimum Gasteiger partial charge on any atom is -0.347 e. The molecule has 7 nitrogen and oxygen atoms in total. The SMILES string of the molecule is Cc1nc(=O)[nH]c(C)c1CCC(=O)N[C@H](C)C(=O)N(C)C. The average molecular weight is 294 g/mol. The van der Waals surface area contributed by atoms with Gasteiger partial charge in [0.2, 0.25) is 11.8 Å². The standard InChI is InChI=1S/C14H22N4O3/c1-8-11(9(2)17-14(21)16-8)6-7-12(19)15-10(3)13(20)18(4)5/h10H,6-7H2,1-5H3,(H,15,19)(H,16,17,21)/t10-/m1/s1. The van der Waals surface area contributed by atoms with Gasteiger partial charge in [-0.25, -0.2) is 4.79 Å². The fraction of sp³-hybridized carbons (Fsp3) is 0.571. The Kier molecular flexibility index (Phi) is 5.63. The summed E-state index contributed by atoms with van der Waals surface area (Å²) >= 11 is 0. The highest BCUT2D eigenvalue weighted by molar-refractivity contribution is 5.87. The van der Waals surface area contributed by atoms with Crippen LogP contribution in [0.5, 0.6) is 0 Å². The van der Waals surface area contributed by atoms with Crippen LogP contribution in [-0.4, -0.2) is 46.8 Å². The quantitative estimate of drug-likeness (QED) is 0.793. The lowest BCUT2D eigenvalue weighted by Gasteiger charge is -2.18. The van der Waals surface area contributed by atoms with Crippen molar-refractivity contribution in [2.45, 2.75) is 39.7 Å². The fourth-order valence-electron chi connectivity index (χ4n) is 2.12. The van der Waals surface area contributed by atoms with Crippen molar-refractivity contribution in [1.82, 2.24) is 20.2 Å². The molecule has 0 aliphatic carbocycles. The number of hydrogen-bond acceptors (Lipinski definition) is 4.